The number of ketones is 1. The van der Waals surface area contributed by atoms with E-state index in [1.807, 2.05) is 55.4 Å². The van der Waals surface area contributed by atoms with E-state index < -0.39 is 168 Å². The Morgan fingerprint density at radius 2 is 0.859 bits per heavy atom. The average Bonchev–Trinajstić information content (AvgIpc) is 4.04. The highest BCUT2D eigenvalue weighted by molar-refractivity contribution is 5.99. The van der Waals surface area contributed by atoms with E-state index >= 15 is 9.59 Å². The molecule has 10 amide bonds. The maximum atomic E-state index is 15.2. The standard InChI is InChI=1S/C62H110N10O13/c1-32(2)25-42-55(77)64-50(37(11)12)61(83)68(20)43(26-33(3)4)54(76)63-41(17)46(73)29-40(16)57(79)69(21)44(27-34(5)6)58(80)70(22)45(28-35(7)8)59(81)71(23)51(38(13)14)62(84)72(24)52(53-39(15)30-48(75)85-53)56(78)65-49(36(9)10)60(82)66(18)31-47(74)67(42)19/h32-45,48-53,75H,25-31H2,1-24H3,(H,63,76)(H,64,77)(H,65,78)/t39-,40-,41-,42+,43-,44+,45-,48?,49-,50-,51-,52-,53-/m1/s1. The molecule has 1 unspecified atom stereocenters. The minimum Gasteiger partial charge on any atom is -0.368 e. The van der Waals surface area contributed by atoms with Crippen molar-refractivity contribution in [3.8, 4) is 0 Å². The number of Topliss-reactive ketones (excluding diaryl/α,β-unsaturated/α-hetero) is 1. The van der Waals surface area contributed by atoms with Crippen LogP contribution >= 0.6 is 0 Å². The zero-order chi connectivity index (χ0) is 65.7. The van der Waals surface area contributed by atoms with Gasteiger partial charge in [-0.05, 0) is 80.0 Å². The topological polar surface area (TPSA) is 276 Å². The first kappa shape index (κ1) is 75.4. The SMILES string of the molecule is CC(C)C[C@@H]1C(=O)N[C@H](C)C(=O)C[C@@H](C)C(=O)N(C)[C@@H](CC(C)C)C(=O)N(C)[C@H](CC(C)C)C(=O)N(C)[C@H](C(C)C)C(=O)N(C)[C@H]([C@@H]2OC(O)C[C@H]2C)C(=O)N[C@H](C(C)C)C(=O)N(C)CC(=O)N(C)[C@@H](CC(C)C)C(=O)N[C@H](C(C)C)C(=O)N1C. The molecule has 2 saturated heterocycles. The van der Waals surface area contributed by atoms with Gasteiger partial charge in [0.25, 0.3) is 0 Å². The minimum absolute atomic E-state index is 0.115. The van der Waals surface area contributed by atoms with Crippen molar-refractivity contribution >= 4 is 64.9 Å². The molecule has 0 bridgehead atoms. The van der Waals surface area contributed by atoms with Crippen LogP contribution in [0.25, 0.3) is 0 Å². The molecule has 23 heteroatoms. The molecule has 2 rings (SSSR count). The summed E-state index contributed by atoms with van der Waals surface area (Å²) in [6, 6.07) is -10.7. The smallest absolute Gasteiger partial charge is 0.246 e. The Morgan fingerprint density at radius 1 is 0.459 bits per heavy atom. The van der Waals surface area contributed by atoms with E-state index in [2.05, 4.69) is 16.0 Å². The van der Waals surface area contributed by atoms with Gasteiger partial charge >= 0.3 is 0 Å². The molecule has 2 aliphatic rings. The molecule has 4 N–H and O–H groups in total. The predicted octanol–water partition coefficient (Wildman–Crippen LogP) is 3.39. The summed E-state index contributed by atoms with van der Waals surface area (Å²) in [6.45, 7) is 29.6. The van der Waals surface area contributed by atoms with Crippen LogP contribution in [0.3, 0.4) is 0 Å². The number of nitrogens with zero attached hydrogens (tertiary/aromatic N) is 7. The Morgan fingerprint density at radius 3 is 1.29 bits per heavy atom. The van der Waals surface area contributed by atoms with Crippen molar-refractivity contribution < 1.29 is 62.6 Å². The van der Waals surface area contributed by atoms with Crippen molar-refractivity contribution in [2.45, 2.75) is 223 Å². The lowest BCUT2D eigenvalue weighted by Gasteiger charge is -2.41. The van der Waals surface area contributed by atoms with Crippen molar-refractivity contribution in [3.63, 3.8) is 0 Å². The van der Waals surface area contributed by atoms with Gasteiger partial charge in [-0.15, -0.1) is 0 Å². The largest absolute Gasteiger partial charge is 0.368 e. The van der Waals surface area contributed by atoms with E-state index in [-0.39, 0.29) is 62.2 Å². The molecule has 0 aromatic carbocycles. The molecule has 0 aromatic heterocycles. The monoisotopic (exact) mass is 1200 g/mol. The van der Waals surface area contributed by atoms with Gasteiger partial charge in [-0.25, -0.2) is 0 Å². The molecule has 85 heavy (non-hydrogen) atoms. The first-order chi connectivity index (χ1) is 39.1. The number of carbonyl (C=O) groups is 11. The molecular formula is C62H110N10O13. The highest BCUT2D eigenvalue weighted by atomic mass is 16.6. The third kappa shape index (κ3) is 20.2. The van der Waals surface area contributed by atoms with Crippen LogP contribution in [0, 0.1) is 53.3 Å². The summed E-state index contributed by atoms with van der Waals surface area (Å²) in [4.78, 5) is 170. The van der Waals surface area contributed by atoms with Gasteiger partial charge in [0.2, 0.25) is 59.1 Å². The zero-order valence-corrected chi connectivity index (χ0v) is 56.0. The summed E-state index contributed by atoms with van der Waals surface area (Å²) in [5, 5.41) is 19.2. The van der Waals surface area contributed by atoms with Gasteiger partial charge in [-0.2, -0.15) is 0 Å². The lowest BCUT2D eigenvalue weighted by Crippen LogP contribution is -2.64. The molecule has 0 saturated carbocycles. The van der Waals surface area contributed by atoms with E-state index in [9.17, 15) is 48.3 Å². The Bertz CT molecular complexity index is 2340. The summed E-state index contributed by atoms with van der Waals surface area (Å²) in [7, 11) is 10.1. The lowest BCUT2D eigenvalue weighted by molar-refractivity contribution is -0.161. The molecule has 2 aliphatic heterocycles. The number of rotatable bonds is 12. The van der Waals surface area contributed by atoms with Crippen molar-refractivity contribution in [1.29, 1.82) is 0 Å². The maximum Gasteiger partial charge on any atom is 0.246 e. The second-order valence-electron chi connectivity index (χ2n) is 27.2. The molecule has 2 fully saturated rings. The van der Waals surface area contributed by atoms with E-state index in [4.69, 9.17) is 4.74 Å². The molecule has 0 spiro atoms. The third-order valence-corrected chi connectivity index (χ3v) is 16.7. The van der Waals surface area contributed by atoms with Gasteiger partial charge in [-0.3, -0.25) is 52.7 Å². The predicted molar refractivity (Wildman–Crippen MR) is 324 cm³/mol. The number of aliphatic hydroxyl groups is 1. The number of ether oxygens (including phenoxy) is 1. The molecule has 0 radical (unpaired) electrons. The van der Waals surface area contributed by atoms with E-state index in [0.717, 1.165) is 4.90 Å². The van der Waals surface area contributed by atoms with E-state index in [0.29, 0.717) is 0 Å². The molecule has 13 atom stereocenters. The zero-order valence-electron chi connectivity index (χ0n) is 56.0. The summed E-state index contributed by atoms with van der Waals surface area (Å²) < 4.78 is 5.95. The first-order valence-electron chi connectivity index (χ1n) is 30.7. The van der Waals surface area contributed by atoms with Crippen molar-refractivity contribution in [3.05, 3.63) is 0 Å². The Kier molecular flexibility index (Phi) is 29.1. The Balaban J connectivity index is 2.97. The number of hydrogen-bond donors (Lipinski definition) is 4. The van der Waals surface area contributed by atoms with Crippen LogP contribution in [0.15, 0.2) is 0 Å². The third-order valence-electron chi connectivity index (χ3n) is 16.7. The van der Waals surface area contributed by atoms with Crippen LogP contribution in [0.5, 0.6) is 0 Å². The Labute approximate surface area is 508 Å². The number of nitrogens with one attached hydrogen (secondary N) is 3. The van der Waals surface area contributed by atoms with Crippen molar-refractivity contribution in [2.75, 3.05) is 55.9 Å². The first-order valence-corrected chi connectivity index (χ1v) is 30.7. The van der Waals surface area contributed by atoms with E-state index in [1.165, 1.54) is 85.7 Å². The van der Waals surface area contributed by atoms with Crippen LogP contribution in [0.4, 0.5) is 0 Å². The van der Waals surface area contributed by atoms with E-state index in [1.54, 1.807) is 55.4 Å². The highest BCUT2D eigenvalue weighted by Gasteiger charge is 2.49. The number of likely N-dealkylation sites (N-methyl/N-ethyl adjacent to an activating group) is 7. The quantitative estimate of drug-likeness (QED) is 0.219. The minimum atomic E-state index is -1.47. The molecule has 23 nitrogen and oxygen atoms in total. The number of hydrogen-bond acceptors (Lipinski definition) is 13. The number of aliphatic hydroxyl groups excluding tert-OH is 1. The Hall–Kier alpha value is -5.71. The summed E-state index contributed by atoms with van der Waals surface area (Å²) >= 11 is 0. The van der Waals surface area contributed by atoms with Crippen LogP contribution in [-0.2, 0) is 57.5 Å². The molecule has 2 heterocycles. The van der Waals surface area contributed by atoms with Crippen LogP contribution in [0.2, 0.25) is 0 Å². The summed E-state index contributed by atoms with van der Waals surface area (Å²) in [5.74, 6) is -10.5. The fourth-order valence-electron chi connectivity index (χ4n) is 11.4. The highest BCUT2D eigenvalue weighted by Crippen LogP contribution is 2.31. The molecular weight excluding hydrogens is 1090 g/mol. The second-order valence-corrected chi connectivity index (χ2v) is 27.2. The lowest BCUT2D eigenvalue weighted by atomic mass is 9.92. The number of carbonyl (C=O) groups excluding carboxylic acids is 11. The van der Waals surface area contributed by atoms with Gasteiger partial charge in [0.1, 0.15) is 48.3 Å². The van der Waals surface area contributed by atoms with Gasteiger partial charge in [-0.1, -0.05) is 111 Å². The van der Waals surface area contributed by atoms with Crippen molar-refractivity contribution in [1.82, 2.24) is 50.2 Å². The fourth-order valence-corrected chi connectivity index (χ4v) is 11.4. The van der Waals surface area contributed by atoms with Crippen LogP contribution in [-0.4, -0.2) is 227 Å². The second kappa shape index (κ2) is 32.9. The van der Waals surface area contributed by atoms with Gasteiger partial charge in [0, 0.05) is 68.1 Å². The summed E-state index contributed by atoms with van der Waals surface area (Å²) in [6.07, 6.45) is -1.88. The molecule has 0 aliphatic carbocycles. The molecule has 0 aromatic rings. The fraction of sp³-hybridized carbons (Fsp3) is 0.823. The summed E-state index contributed by atoms with van der Waals surface area (Å²) in [5.41, 5.74) is 0. The normalized spacial score (nSPS) is 29.8. The van der Waals surface area contributed by atoms with Crippen molar-refractivity contribution in [2.24, 2.45) is 53.3 Å². The molecule has 486 valence electrons. The van der Waals surface area contributed by atoms with Gasteiger partial charge in [0.05, 0.1) is 18.7 Å². The number of amides is 10. The maximum absolute atomic E-state index is 15.2. The van der Waals surface area contributed by atoms with Crippen LogP contribution in [0.1, 0.15) is 156 Å². The van der Waals surface area contributed by atoms with Gasteiger partial charge < -0.3 is 60.1 Å². The van der Waals surface area contributed by atoms with Gasteiger partial charge in [0.15, 0.2) is 12.1 Å². The van der Waals surface area contributed by atoms with Crippen LogP contribution < -0.4 is 16.0 Å². The average molecular weight is 1200 g/mol.